The van der Waals surface area contributed by atoms with Crippen LogP contribution < -0.4 is 15.4 Å². The van der Waals surface area contributed by atoms with E-state index in [2.05, 4.69) is 15.4 Å². The Balaban J connectivity index is 1.80. The van der Waals surface area contributed by atoms with E-state index in [4.69, 9.17) is 11.6 Å². The van der Waals surface area contributed by atoms with E-state index in [-0.39, 0.29) is 29.1 Å². The predicted molar refractivity (Wildman–Crippen MR) is 102 cm³/mol. The van der Waals surface area contributed by atoms with Crippen LogP contribution in [0.2, 0.25) is 4.34 Å². The number of rotatable bonds is 8. The van der Waals surface area contributed by atoms with Gasteiger partial charge in [0.25, 0.3) is 5.91 Å². The maximum absolute atomic E-state index is 12.0. The van der Waals surface area contributed by atoms with Gasteiger partial charge in [-0.25, -0.2) is 13.1 Å². The fourth-order valence-corrected chi connectivity index (χ4v) is 4.49. The van der Waals surface area contributed by atoms with Crippen LogP contribution in [-0.2, 0) is 14.8 Å². The minimum absolute atomic E-state index is 0.0498. The van der Waals surface area contributed by atoms with Crippen molar-refractivity contribution in [1.29, 1.82) is 0 Å². The maximum atomic E-state index is 12.0. The van der Waals surface area contributed by atoms with E-state index >= 15 is 0 Å². The number of anilines is 1. The lowest BCUT2D eigenvalue weighted by Crippen LogP contribution is -2.34. The number of carbonyl (C=O) groups excluding carboxylic acids is 2. The van der Waals surface area contributed by atoms with Crippen molar-refractivity contribution in [2.45, 2.75) is 17.6 Å². The summed E-state index contributed by atoms with van der Waals surface area (Å²) in [6.07, 6.45) is 0.371. The smallest absolute Gasteiger partial charge is 0.251 e. The summed E-state index contributed by atoms with van der Waals surface area (Å²) >= 11 is 6.69. The number of hydrogen-bond donors (Lipinski definition) is 3. The molecule has 26 heavy (non-hydrogen) atoms. The number of thiophene rings is 1. The summed E-state index contributed by atoms with van der Waals surface area (Å²) in [6.45, 7) is 1.93. The fourth-order valence-electron chi connectivity index (χ4n) is 1.93. The van der Waals surface area contributed by atoms with Crippen molar-refractivity contribution in [2.24, 2.45) is 0 Å². The third kappa shape index (κ3) is 5.80. The first kappa shape index (κ1) is 20.4. The molecule has 0 aliphatic heterocycles. The molecule has 140 valence electrons. The third-order valence-electron chi connectivity index (χ3n) is 3.27. The quantitative estimate of drug-likeness (QED) is 0.576. The highest BCUT2D eigenvalue weighted by Crippen LogP contribution is 2.25. The molecular weight excluding hydrogens is 398 g/mol. The molecule has 1 aromatic heterocycles. The molecule has 1 heterocycles. The maximum Gasteiger partial charge on any atom is 0.251 e. The first-order chi connectivity index (χ1) is 12.3. The minimum Gasteiger partial charge on any atom is -0.351 e. The van der Waals surface area contributed by atoms with E-state index < -0.39 is 10.0 Å². The Morgan fingerprint density at radius 3 is 2.35 bits per heavy atom. The topological polar surface area (TPSA) is 104 Å². The van der Waals surface area contributed by atoms with Gasteiger partial charge < -0.3 is 10.6 Å². The Hall–Kier alpha value is -1.94. The molecule has 3 N–H and O–H groups in total. The van der Waals surface area contributed by atoms with Crippen molar-refractivity contribution in [3.63, 3.8) is 0 Å². The van der Waals surface area contributed by atoms with Crippen molar-refractivity contribution in [1.82, 2.24) is 10.0 Å². The summed E-state index contributed by atoms with van der Waals surface area (Å²) in [5.41, 5.74) is 1.02. The lowest BCUT2D eigenvalue weighted by Gasteiger charge is -2.08. The molecule has 0 atom stereocenters. The number of sulfonamides is 1. The first-order valence-corrected chi connectivity index (χ1v) is 10.4. The molecule has 2 amide bonds. The molecule has 0 radical (unpaired) electrons. The molecular formula is C16H18ClN3O4S2. The normalized spacial score (nSPS) is 11.2. The van der Waals surface area contributed by atoms with Crippen LogP contribution in [0.3, 0.4) is 0 Å². The Kier molecular flexibility index (Phi) is 7.15. The number of halogens is 1. The second-order valence-electron chi connectivity index (χ2n) is 5.19. The van der Waals surface area contributed by atoms with Crippen LogP contribution in [0, 0.1) is 0 Å². The highest BCUT2D eigenvalue weighted by Gasteiger charge is 2.16. The van der Waals surface area contributed by atoms with Gasteiger partial charge in [-0.3, -0.25) is 9.59 Å². The number of nitrogens with one attached hydrogen (secondary N) is 3. The van der Waals surface area contributed by atoms with Gasteiger partial charge in [0.2, 0.25) is 15.9 Å². The van der Waals surface area contributed by atoms with Crippen molar-refractivity contribution in [3.8, 4) is 0 Å². The monoisotopic (exact) mass is 415 g/mol. The van der Waals surface area contributed by atoms with Crippen molar-refractivity contribution < 1.29 is 18.0 Å². The van der Waals surface area contributed by atoms with Gasteiger partial charge in [0, 0.05) is 30.8 Å². The predicted octanol–water partition coefficient (Wildman–Crippen LogP) is 2.46. The second-order valence-corrected chi connectivity index (χ2v) is 8.90. The van der Waals surface area contributed by atoms with Crippen molar-refractivity contribution >= 4 is 50.5 Å². The Morgan fingerprint density at radius 2 is 1.77 bits per heavy atom. The summed E-state index contributed by atoms with van der Waals surface area (Å²) < 4.78 is 26.9. The first-order valence-electron chi connectivity index (χ1n) is 7.75. The number of benzene rings is 1. The largest absolute Gasteiger partial charge is 0.351 e. The molecule has 0 saturated carbocycles. The van der Waals surface area contributed by atoms with Gasteiger partial charge in [0.05, 0.1) is 4.34 Å². The van der Waals surface area contributed by atoms with Gasteiger partial charge in [0.15, 0.2) is 0 Å². The van der Waals surface area contributed by atoms with Gasteiger partial charge in [-0.15, -0.1) is 11.3 Å². The van der Waals surface area contributed by atoms with Gasteiger partial charge in [-0.05, 0) is 36.4 Å². The Bertz CT molecular complexity index is 879. The zero-order chi connectivity index (χ0) is 19.2. The number of carbonyl (C=O) groups is 2. The van der Waals surface area contributed by atoms with Crippen LogP contribution in [0.15, 0.2) is 40.6 Å². The van der Waals surface area contributed by atoms with Gasteiger partial charge in [-0.1, -0.05) is 18.5 Å². The Morgan fingerprint density at radius 1 is 1.08 bits per heavy atom. The molecule has 7 nitrogen and oxygen atoms in total. The molecule has 0 aliphatic rings. The molecule has 1 aromatic carbocycles. The SMILES string of the molecule is CCC(=O)Nc1ccc(C(=O)NCCNS(=O)(=O)c2ccc(Cl)s2)cc1. The standard InChI is InChI=1S/C16H18ClN3O4S2/c1-2-14(21)20-12-5-3-11(4-6-12)16(22)18-9-10-19-26(23,24)15-8-7-13(17)25-15/h3-8,19H,2,9-10H2,1H3,(H,18,22)(H,20,21). The van der Waals surface area contributed by atoms with E-state index in [0.717, 1.165) is 11.3 Å². The van der Waals surface area contributed by atoms with Crippen LogP contribution in [0.25, 0.3) is 0 Å². The lowest BCUT2D eigenvalue weighted by molar-refractivity contribution is -0.115. The van der Waals surface area contributed by atoms with Crippen LogP contribution in [0.4, 0.5) is 5.69 Å². The van der Waals surface area contributed by atoms with E-state index in [9.17, 15) is 18.0 Å². The Labute approximate surface area is 160 Å². The molecule has 10 heteroatoms. The van der Waals surface area contributed by atoms with Crippen molar-refractivity contribution in [2.75, 3.05) is 18.4 Å². The second kappa shape index (κ2) is 9.13. The third-order valence-corrected chi connectivity index (χ3v) is 6.45. The van der Waals surface area contributed by atoms with E-state index in [1.54, 1.807) is 31.2 Å². The highest BCUT2D eigenvalue weighted by molar-refractivity contribution is 7.91. The van der Waals surface area contributed by atoms with Gasteiger partial charge in [0.1, 0.15) is 4.21 Å². The molecule has 0 saturated heterocycles. The molecule has 2 rings (SSSR count). The van der Waals surface area contributed by atoms with Crippen LogP contribution >= 0.6 is 22.9 Å². The van der Waals surface area contributed by atoms with E-state index in [1.165, 1.54) is 12.1 Å². The average Bonchev–Trinajstić information content (AvgIpc) is 3.06. The summed E-state index contributed by atoms with van der Waals surface area (Å²) in [7, 11) is -3.63. The molecule has 0 bridgehead atoms. The summed E-state index contributed by atoms with van der Waals surface area (Å²) in [6, 6.07) is 9.36. The van der Waals surface area contributed by atoms with Crippen LogP contribution in [-0.4, -0.2) is 33.3 Å². The van der Waals surface area contributed by atoms with Crippen LogP contribution in [0.1, 0.15) is 23.7 Å². The molecule has 0 fully saturated rings. The van der Waals surface area contributed by atoms with Gasteiger partial charge >= 0.3 is 0 Å². The average molecular weight is 416 g/mol. The number of hydrogen-bond acceptors (Lipinski definition) is 5. The summed E-state index contributed by atoms with van der Waals surface area (Å²) in [4.78, 5) is 23.3. The van der Waals surface area contributed by atoms with Crippen LogP contribution in [0.5, 0.6) is 0 Å². The summed E-state index contributed by atoms with van der Waals surface area (Å²) in [5.74, 6) is -0.446. The minimum atomic E-state index is -3.63. The van der Waals surface area contributed by atoms with Gasteiger partial charge in [-0.2, -0.15) is 0 Å². The number of amides is 2. The van der Waals surface area contributed by atoms with E-state index in [1.807, 2.05) is 0 Å². The highest BCUT2D eigenvalue weighted by atomic mass is 35.5. The van der Waals surface area contributed by atoms with E-state index in [0.29, 0.717) is 22.0 Å². The van der Waals surface area contributed by atoms with Crippen molar-refractivity contribution in [3.05, 3.63) is 46.3 Å². The molecule has 0 unspecified atom stereocenters. The zero-order valence-electron chi connectivity index (χ0n) is 13.9. The molecule has 2 aromatic rings. The zero-order valence-corrected chi connectivity index (χ0v) is 16.3. The summed E-state index contributed by atoms with van der Waals surface area (Å²) in [5, 5.41) is 5.31. The fraction of sp³-hybridized carbons (Fsp3) is 0.250. The molecule has 0 aliphatic carbocycles. The lowest BCUT2D eigenvalue weighted by atomic mass is 10.2. The molecule has 0 spiro atoms.